The standard InChI is InChI=1S/C14H16F3N3O3S/c15-14(16,17)4-9-6-24-11(18-9)19-12(23)20-5-8-2-1-3-13(8,7-20)10(21)22/h6,8H,1-5,7H2,(H,21,22)(H,18,19,23)/t8-,13+/m0/s1. The number of halogens is 3. The molecule has 2 fully saturated rings. The Morgan fingerprint density at radius 1 is 1.50 bits per heavy atom. The van der Waals surface area contributed by atoms with Crippen LogP contribution in [0, 0.1) is 11.3 Å². The maximum Gasteiger partial charge on any atom is 0.394 e. The molecule has 24 heavy (non-hydrogen) atoms. The lowest BCUT2D eigenvalue weighted by Gasteiger charge is -2.23. The number of fused-ring (bicyclic) bond motifs is 1. The summed E-state index contributed by atoms with van der Waals surface area (Å²) in [4.78, 5) is 29.0. The van der Waals surface area contributed by atoms with E-state index in [9.17, 15) is 27.9 Å². The number of carboxylic acids is 1. The monoisotopic (exact) mass is 363 g/mol. The molecule has 0 aromatic carbocycles. The number of thiazole rings is 1. The number of carbonyl (C=O) groups is 2. The van der Waals surface area contributed by atoms with Crippen molar-refractivity contribution in [2.24, 2.45) is 11.3 Å². The van der Waals surface area contributed by atoms with Gasteiger partial charge in [0, 0.05) is 18.5 Å². The summed E-state index contributed by atoms with van der Waals surface area (Å²) in [6, 6.07) is -0.516. The molecule has 2 amide bonds. The number of nitrogens with zero attached hydrogens (tertiary/aromatic N) is 2. The third-order valence-corrected chi connectivity index (χ3v) is 5.54. The highest BCUT2D eigenvalue weighted by Gasteiger charge is 2.55. The highest BCUT2D eigenvalue weighted by molar-refractivity contribution is 7.13. The Balaban J connectivity index is 1.63. The molecule has 2 atom stereocenters. The summed E-state index contributed by atoms with van der Waals surface area (Å²) in [6.07, 6.45) is -3.35. The third-order valence-electron chi connectivity index (χ3n) is 4.73. The van der Waals surface area contributed by atoms with Gasteiger partial charge in [0.05, 0.1) is 17.5 Å². The number of carbonyl (C=O) groups excluding carboxylic acids is 1. The van der Waals surface area contributed by atoms with Crippen molar-refractivity contribution in [3.8, 4) is 0 Å². The minimum absolute atomic E-state index is 0.0714. The molecule has 1 saturated carbocycles. The molecule has 2 aliphatic rings. The van der Waals surface area contributed by atoms with E-state index in [0.29, 0.717) is 13.0 Å². The molecule has 10 heteroatoms. The van der Waals surface area contributed by atoms with Crippen LogP contribution in [0.4, 0.5) is 23.1 Å². The molecular formula is C14H16F3N3O3S. The molecule has 6 nitrogen and oxygen atoms in total. The van der Waals surface area contributed by atoms with Crippen molar-refractivity contribution in [1.82, 2.24) is 9.88 Å². The lowest BCUT2D eigenvalue weighted by atomic mass is 9.81. The third kappa shape index (κ3) is 3.19. The maximum absolute atomic E-state index is 12.3. The fourth-order valence-electron chi connectivity index (χ4n) is 3.62. The number of hydrogen-bond acceptors (Lipinski definition) is 4. The van der Waals surface area contributed by atoms with Gasteiger partial charge >= 0.3 is 18.2 Å². The summed E-state index contributed by atoms with van der Waals surface area (Å²) < 4.78 is 37.0. The van der Waals surface area contributed by atoms with Crippen LogP contribution in [0.3, 0.4) is 0 Å². The van der Waals surface area contributed by atoms with Gasteiger partial charge in [-0.2, -0.15) is 13.2 Å². The van der Waals surface area contributed by atoms with E-state index in [0.717, 1.165) is 24.2 Å². The number of rotatable bonds is 3. The van der Waals surface area contributed by atoms with E-state index in [4.69, 9.17) is 0 Å². The summed E-state index contributed by atoms with van der Waals surface area (Å²) in [5.41, 5.74) is -1.04. The highest BCUT2D eigenvalue weighted by Crippen LogP contribution is 2.48. The maximum atomic E-state index is 12.3. The molecule has 1 aliphatic heterocycles. The summed E-state index contributed by atoms with van der Waals surface area (Å²) in [7, 11) is 0. The quantitative estimate of drug-likeness (QED) is 0.865. The molecule has 132 valence electrons. The van der Waals surface area contributed by atoms with Gasteiger partial charge in [0.2, 0.25) is 0 Å². The molecule has 1 saturated heterocycles. The van der Waals surface area contributed by atoms with Crippen LogP contribution in [0.25, 0.3) is 0 Å². The summed E-state index contributed by atoms with van der Waals surface area (Å²) >= 11 is 0.918. The fourth-order valence-corrected chi connectivity index (χ4v) is 4.31. The van der Waals surface area contributed by atoms with E-state index in [1.165, 1.54) is 10.3 Å². The molecule has 0 bridgehead atoms. The molecule has 0 radical (unpaired) electrons. The molecule has 2 heterocycles. The summed E-state index contributed by atoms with van der Waals surface area (Å²) in [5, 5.41) is 13.3. The molecule has 1 aromatic rings. The zero-order valence-corrected chi connectivity index (χ0v) is 13.4. The number of amides is 2. The number of anilines is 1. The van der Waals surface area contributed by atoms with Crippen LogP contribution in [-0.4, -0.2) is 46.3 Å². The lowest BCUT2D eigenvalue weighted by molar-refractivity contribution is -0.149. The number of urea groups is 1. The first-order chi connectivity index (χ1) is 11.2. The Kier molecular flexibility index (Phi) is 4.18. The van der Waals surface area contributed by atoms with Crippen molar-refractivity contribution in [2.75, 3.05) is 18.4 Å². The van der Waals surface area contributed by atoms with Crippen molar-refractivity contribution >= 4 is 28.5 Å². The predicted molar refractivity (Wildman–Crippen MR) is 79.9 cm³/mol. The van der Waals surface area contributed by atoms with Crippen LogP contribution in [-0.2, 0) is 11.2 Å². The number of likely N-dealkylation sites (tertiary alicyclic amines) is 1. The smallest absolute Gasteiger partial charge is 0.394 e. The van der Waals surface area contributed by atoms with Crippen LogP contribution in [0.2, 0.25) is 0 Å². The van der Waals surface area contributed by atoms with E-state index in [1.54, 1.807) is 0 Å². The van der Waals surface area contributed by atoms with Crippen molar-refractivity contribution < 1.29 is 27.9 Å². The molecule has 1 aromatic heterocycles. The van der Waals surface area contributed by atoms with Crippen LogP contribution < -0.4 is 5.32 Å². The number of nitrogens with one attached hydrogen (secondary N) is 1. The van der Waals surface area contributed by atoms with Crippen LogP contribution >= 0.6 is 11.3 Å². The molecular weight excluding hydrogens is 347 g/mol. The van der Waals surface area contributed by atoms with Gasteiger partial charge < -0.3 is 10.0 Å². The Morgan fingerprint density at radius 2 is 2.25 bits per heavy atom. The number of aliphatic carboxylic acids is 1. The predicted octanol–water partition coefficient (Wildman–Crippen LogP) is 2.97. The molecule has 0 unspecified atom stereocenters. The van der Waals surface area contributed by atoms with Gasteiger partial charge in [-0.15, -0.1) is 11.3 Å². The summed E-state index contributed by atoms with van der Waals surface area (Å²) in [5.74, 6) is -0.958. The van der Waals surface area contributed by atoms with Crippen LogP contribution in [0.15, 0.2) is 5.38 Å². The van der Waals surface area contributed by atoms with E-state index in [-0.39, 0.29) is 23.3 Å². The van der Waals surface area contributed by atoms with Gasteiger partial charge in [-0.3, -0.25) is 10.1 Å². The minimum atomic E-state index is -4.35. The van der Waals surface area contributed by atoms with E-state index >= 15 is 0 Å². The van der Waals surface area contributed by atoms with E-state index in [2.05, 4.69) is 10.3 Å². The van der Waals surface area contributed by atoms with Crippen molar-refractivity contribution in [1.29, 1.82) is 0 Å². The number of hydrogen-bond donors (Lipinski definition) is 2. The molecule has 2 N–H and O–H groups in total. The van der Waals surface area contributed by atoms with Crippen molar-refractivity contribution in [3.63, 3.8) is 0 Å². The summed E-state index contributed by atoms with van der Waals surface area (Å²) in [6.45, 7) is 0.471. The first kappa shape index (κ1) is 17.0. The first-order valence-corrected chi connectivity index (χ1v) is 8.38. The average Bonchev–Trinajstić information content (AvgIpc) is 3.10. The second-order valence-electron chi connectivity index (χ2n) is 6.30. The van der Waals surface area contributed by atoms with Crippen molar-refractivity contribution in [3.05, 3.63) is 11.1 Å². The highest BCUT2D eigenvalue weighted by atomic mass is 32.1. The Hall–Kier alpha value is -1.84. The van der Waals surface area contributed by atoms with Crippen LogP contribution in [0.1, 0.15) is 25.0 Å². The Labute approximate surface area is 139 Å². The van der Waals surface area contributed by atoms with Gasteiger partial charge in [-0.05, 0) is 18.8 Å². The largest absolute Gasteiger partial charge is 0.481 e. The van der Waals surface area contributed by atoms with Crippen LogP contribution in [0.5, 0.6) is 0 Å². The van der Waals surface area contributed by atoms with Gasteiger partial charge in [-0.1, -0.05) is 6.42 Å². The minimum Gasteiger partial charge on any atom is -0.481 e. The second kappa shape index (κ2) is 5.91. The normalized spacial score (nSPS) is 26.5. The van der Waals surface area contributed by atoms with E-state index in [1.807, 2.05) is 0 Å². The zero-order valence-electron chi connectivity index (χ0n) is 12.6. The number of alkyl halides is 3. The topological polar surface area (TPSA) is 82.5 Å². The fraction of sp³-hybridized carbons (Fsp3) is 0.643. The Morgan fingerprint density at radius 3 is 2.88 bits per heavy atom. The SMILES string of the molecule is O=C(Nc1nc(CC(F)(F)F)cs1)N1C[C@@H]2CCC[C@@]2(C(=O)O)C1. The van der Waals surface area contributed by atoms with Gasteiger partial charge in [0.25, 0.3) is 0 Å². The second-order valence-corrected chi connectivity index (χ2v) is 7.16. The average molecular weight is 363 g/mol. The number of carboxylic acid groups (broad SMARTS) is 1. The molecule has 0 spiro atoms. The van der Waals surface area contributed by atoms with Crippen molar-refractivity contribution in [2.45, 2.75) is 31.9 Å². The molecule has 1 aliphatic carbocycles. The van der Waals surface area contributed by atoms with Gasteiger partial charge in [0.1, 0.15) is 0 Å². The zero-order chi connectivity index (χ0) is 17.5. The first-order valence-electron chi connectivity index (χ1n) is 7.50. The van der Waals surface area contributed by atoms with E-state index < -0.39 is 30.0 Å². The molecule has 3 rings (SSSR count). The Bertz CT molecular complexity index is 663. The number of aromatic nitrogens is 1. The lowest BCUT2D eigenvalue weighted by Crippen LogP contribution is -2.38. The van der Waals surface area contributed by atoms with Gasteiger partial charge in [-0.25, -0.2) is 9.78 Å². The van der Waals surface area contributed by atoms with Gasteiger partial charge in [0.15, 0.2) is 5.13 Å².